The van der Waals surface area contributed by atoms with Gasteiger partial charge < -0.3 is 20.6 Å². The van der Waals surface area contributed by atoms with Crippen LogP contribution in [-0.4, -0.2) is 40.0 Å². The lowest BCUT2D eigenvalue weighted by atomic mass is 9.77. The number of carbonyl (C=O) groups excluding carboxylic acids is 2. The van der Waals surface area contributed by atoms with Crippen molar-refractivity contribution in [2.75, 3.05) is 6.54 Å². The number of halogens is 1. The van der Waals surface area contributed by atoms with Crippen molar-refractivity contribution >= 4 is 28.9 Å². The second-order valence-corrected chi connectivity index (χ2v) is 9.07. The Kier molecular flexibility index (Phi) is 4.64. The predicted octanol–water partition coefficient (Wildman–Crippen LogP) is 3.30. The maximum atomic E-state index is 13.8. The van der Waals surface area contributed by atoms with Crippen LogP contribution >= 0.6 is 0 Å². The van der Waals surface area contributed by atoms with Gasteiger partial charge in [0.05, 0.1) is 5.54 Å². The number of rotatable bonds is 4. The number of amides is 2. The van der Waals surface area contributed by atoms with Gasteiger partial charge in [-0.3, -0.25) is 9.59 Å². The molecule has 3 N–H and O–H groups in total. The first-order chi connectivity index (χ1) is 14.5. The van der Waals surface area contributed by atoms with E-state index < -0.39 is 5.54 Å². The molecule has 0 unspecified atom stereocenters. The molecule has 2 heterocycles. The molecule has 30 heavy (non-hydrogen) atoms. The van der Waals surface area contributed by atoms with Crippen molar-refractivity contribution in [1.82, 2.24) is 15.2 Å². The highest BCUT2D eigenvalue weighted by molar-refractivity contribution is 5.91. The van der Waals surface area contributed by atoms with Crippen LogP contribution in [0.25, 0.3) is 10.9 Å². The standard InChI is InChI=1S/C23H27FN4O2/c24-14-5-6-19-17(11-14)18-12-28(10-7-20(18)26-19)22(30)16-4-2-1-3-15(16)21(29)27-23(13-25)8-9-23/h5-6,11,13,15-16,25-26H,1-4,7-10,12H2,(H,27,29)/t15-,16-/m1/s1. The second kappa shape index (κ2) is 7.22. The number of aromatic amines is 1. The molecule has 1 aliphatic heterocycles. The number of aromatic nitrogens is 1. The number of benzene rings is 1. The summed E-state index contributed by atoms with van der Waals surface area (Å²) < 4.78 is 13.8. The molecule has 0 spiro atoms. The van der Waals surface area contributed by atoms with Gasteiger partial charge in [0.2, 0.25) is 11.8 Å². The van der Waals surface area contributed by atoms with Gasteiger partial charge in [0, 0.05) is 59.7 Å². The zero-order chi connectivity index (χ0) is 20.9. The molecule has 7 heteroatoms. The largest absolute Gasteiger partial charge is 0.358 e. The molecule has 0 bridgehead atoms. The average Bonchev–Trinajstić information content (AvgIpc) is 3.45. The van der Waals surface area contributed by atoms with E-state index in [1.54, 1.807) is 6.07 Å². The maximum Gasteiger partial charge on any atom is 0.226 e. The molecule has 2 amide bonds. The van der Waals surface area contributed by atoms with Gasteiger partial charge in [0.1, 0.15) is 5.82 Å². The molecule has 6 nitrogen and oxygen atoms in total. The van der Waals surface area contributed by atoms with Gasteiger partial charge in [-0.1, -0.05) is 12.8 Å². The van der Waals surface area contributed by atoms with Crippen molar-refractivity contribution < 1.29 is 14.0 Å². The molecule has 2 fully saturated rings. The van der Waals surface area contributed by atoms with E-state index in [0.717, 1.165) is 54.3 Å². The SMILES string of the molecule is N=CC1(NC(=O)[C@@H]2CCCC[C@H]2C(=O)N2CCc3[nH]c4ccc(F)cc4c3C2)CC1. The van der Waals surface area contributed by atoms with Crippen LogP contribution in [-0.2, 0) is 22.6 Å². The van der Waals surface area contributed by atoms with E-state index in [9.17, 15) is 14.0 Å². The Morgan fingerprint density at radius 1 is 1.23 bits per heavy atom. The Morgan fingerprint density at radius 3 is 2.73 bits per heavy atom. The Labute approximate surface area is 174 Å². The van der Waals surface area contributed by atoms with Crippen LogP contribution in [0.2, 0.25) is 0 Å². The topological polar surface area (TPSA) is 89.1 Å². The summed E-state index contributed by atoms with van der Waals surface area (Å²) >= 11 is 0. The predicted molar refractivity (Wildman–Crippen MR) is 112 cm³/mol. The van der Waals surface area contributed by atoms with Crippen molar-refractivity contribution in [3.8, 4) is 0 Å². The Hall–Kier alpha value is -2.70. The van der Waals surface area contributed by atoms with Crippen LogP contribution in [0.3, 0.4) is 0 Å². The minimum Gasteiger partial charge on any atom is -0.358 e. The molecule has 0 saturated heterocycles. The number of carbonyl (C=O) groups is 2. The van der Waals surface area contributed by atoms with Crippen LogP contribution in [0, 0.1) is 23.1 Å². The first-order valence-electron chi connectivity index (χ1n) is 10.9. The molecule has 0 radical (unpaired) electrons. The van der Waals surface area contributed by atoms with E-state index in [0.29, 0.717) is 25.9 Å². The van der Waals surface area contributed by atoms with Gasteiger partial charge in [-0.25, -0.2) is 4.39 Å². The van der Waals surface area contributed by atoms with Crippen molar-refractivity contribution in [2.24, 2.45) is 11.8 Å². The number of H-pyrrole nitrogens is 1. The van der Waals surface area contributed by atoms with E-state index in [1.165, 1.54) is 18.3 Å². The van der Waals surface area contributed by atoms with Gasteiger partial charge in [-0.05, 0) is 43.9 Å². The number of fused-ring (bicyclic) bond motifs is 3. The zero-order valence-electron chi connectivity index (χ0n) is 17.0. The lowest BCUT2D eigenvalue weighted by molar-refractivity contribution is -0.144. The summed E-state index contributed by atoms with van der Waals surface area (Å²) in [7, 11) is 0. The minimum absolute atomic E-state index is 0.0333. The lowest BCUT2D eigenvalue weighted by Crippen LogP contribution is -2.49. The summed E-state index contributed by atoms with van der Waals surface area (Å²) in [6, 6.07) is 4.72. The highest BCUT2D eigenvalue weighted by Gasteiger charge is 2.46. The third-order valence-corrected chi connectivity index (χ3v) is 7.11. The molecule has 1 aromatic heterocycles. The summed E-state index contributed by atoms with van der Waals surface area (Å²) in [4.78, 5) is 31.6. The lowest BCUT2D eigenvalue weighted by Gasteiger charge is -2.36. The zero-order valence-corrected chi connectivity index (χ0v) is 17.0. The molecule has 3 aliphatic rings. The number of hydrogen-bond donors (Lipinski definition) is 3. The molecule has 2 saturated carbocycles. The number of hydrogen-bond acceptors (Lipinski definition) is 3. The second-order valence-electron chi connectivity index (χ2n) is 9.07. The molecule has 158 valence electrons. The third kappa shape index (κ3) is 3.30. The molecular formula is C23H27FN4O2. The number of nitrogens with one attached hydrogen (secondary N) is 3. The Morgan fingerprint density at radius 2 is 2.00 bits per heavy atom. The summed E-state index contributed by atoms with van der Waals surface area (Å²) in [5.41, 5.74) is 2.48. The molecule has 2 atom stereocenters. The van der Waals surface area contributed by atoms with E-state index in [1.807, 2.05) is 4.90 Å². The fraction of sp³-hybridized carbons (Fsp3) is 0.522. The monoisotopic (exact) mass is 410 g/mol. The molecule has 2 aromatic rings. The van der Waals surface area contributed by atoms with Crippen molar-refractivity contribution in [3.63, 3.8) is 0 Å². The van der Waals surface area contributed by atoms with Gasteiger partial charge in [-0.2, -0.15) is 0 Å². The maximum absolute atomic E-state index is 13.8. The average molecular weight is 410 g/mol. The fourth-order valence-corrected chi connectivity index (χ4v) is 5.13. The quantitative estimate of drug-likeness (QED) is 0.675. The third-order valence-electron chi connectivity index (χ3n) is 7.11. The van der Waals surface area contributed by atoms with Crippen LogP contribution in [0.1, 0.15) is 49.8 Å². The van der Waals surface area contributed by atoms with E-state index in [-0.39, 0.29) is 29.5 Å². The summed E-state index contributed by atoms with van der Waals surface area (Å²) in [6.07, 6.45) is 6.98. The molecule has 1 aromatic carbocycles. The number of nitrogens with zero attached hydrogens (tertiary/aromatic N) is 1. The van der Waals surface area contributed by atoms with E-state index in [2.05, 4.69) is 10.3 Å². The van der Waals surface area contributed by atoms with Crippen molar-refractivity contribution in [3.05, 3.63) is 35.3 Å². The summed E-state index contributed by atoms with van der Waals surface area (Å²) in [5, 5.41) is 11.4. The van der Waals surface area contributed by atoms with Gasteiger partial charge in [-0.15, -0.1) is 0 Å². The van der Waals surface area contributed by atoms with Gasteiger partial charge in [0.25, 0.3) is 0 Å². The smallest absolute Gasteiger partial charge is 0.226 e. The van der Waals surface area contributed by atoms with Crippen LogP contribution < -0.4 is 5.32 Å². The summed E-state index contributed by atoms with van der Waals surface area (Å²) in [6.45, 7) is 1.06. The molecular weight excluding hydrogens is 383 g/mol. The van der Waals surface area contributed by atoms with Crippen LogP contribution in [0.15, 0.2) is 18.2 Å². The first kappa shape index (κ1) is 19.3. The minimum atomic E-state index is -0.476. The normalized spacial score (nSPS) is 24.9. The van der Waals surface area contributed by atoms with Crippen LogP contribution in [0.4, 0.5) is 4.39 Å². The molecule has 2 aliphatic carbocycles. The van der Waals surface area contributed by atoms with E-state index >= 15 is 0 Å². The summed E-state index contributed by atoms with van der Waals surface area (Å²) in [5.74, 6) is -0.974. The van der Waals surface area contributed by atoms with Crippen molar-refractivity contribution in [1.29, 1.82) is 5.41 Å². The molecule has 5 rings (SSSR count). The van der Waals surface area contributed by atoms with Crippen molar-refractivity contribution in [2.45, 2.75) is 57.0 Å². The fourth-order valence-electron chi connectivity index (χ4n) is 5.13. The van der Waals surface area contributed by atoms with Gasteiger partial charge in [0.15, 0.2) is 0 Å². The van der Waals surface area contributed by atoms with Crippen LogP contribution in [0.5, 0.6) is 0 Å². The highest BCUT2D eigenvalue weighted by atomic mass is 19.1. The first-order valence-corrected chi connectivity index (χ1v) is 10.9. The van der Waals surface area contributed by atoms with E-state index in [4.69, 9.17) is 5.41 Å². The van der Waals surface area contributed by atoms with Gasteiger partial charge >= 0.3 is 0 Å². The highest BCUT2D eigenvalue weighted by Crippen LogP contribution is 2.37. The Bertz CT molecular complexity index is 1030. The Balaban J connectivity index is 1.35.